The van der Waals surface area contributed by atoms with E-state index in [0.29, 0.717) is 11.5 Å². The maximum Gasteiger partial charge on any atom is 0.131 e. The number of hydrogen-bond acceptors (Lipinski definition) is 1. The van der Waals surface area contributed by atoms with Gasteiger partial charge in [0.2, 0.25) is 0 Å². The van der Waals surface area contributed by atoms with E-state index in [1.807, 2.05) is 36.4 Å². The summed E-state index contributed by atoms with van der Waals surface area (Å²) in [6.45, 7) is 2.29. The van der Waals surface area contributed by atoms with E-state index in [-0.39, 0.29) is 5.82 Å². The molecule has 0 bridgehead atoms. The Labute approximate surface area is 188 Å². The molecule has 2 heteroatoms. The molecule has 2 aromatic carbocycles. The monoisotopic (exact) mass is 422 g/mol. The lowest BCUT2D eigenvalue weighted by Crippen LogP contribution is -2.30. The molecule has 2 aliphatic carbocycles. The molecule has 168 valence electrons. The quantitative estimate of drug-likeness (QED) is 0.386. The van der Waals surface area contributed by atoms with Gasteiger partial charge in [0.25, 0.3) is 0 Å². The largest absolute Gasteiger partial charge is 0.497 e. The van der Waals surface area contributed by atoms with E-state index >= 15 is 0 Å². The zero-order chi connectivity index (χ0) is 21.6. The predicted octanol–water partition coefficient (Wildman–Crippen LogP) is 8.77. The van der Waals surface area contributed by atoms with E-state index in [1.54, 1.807) is 7.11 Å². The second-order valence-corrected chi connectivity index (χ2v) is 10.0. The van der Waals surface area contributed by atoms with Crippen LogP contribution in [0, 0.1) is 23.6 Å². The van der Waals surface area contributed by atoms with Gasteiger partial charge in [0.05, 0.1) is 7.11 Å². The average Bonchev–Trinajstić information content (AvgIpc) is 2.81. The lowest BCUT2D eigenvalue weighted by Gasteiger charge is -2.42. The second kappa shape index (κ2) is 10.7. The zero-order valence-electron chi connectivity index (χ0n) is 19.4. The summed E-state index contributed by atoms with van der Waals surface area (Å²) in [5.41, 5.74) is 2.80. The molecular formula is C29H39FO. The summed E-state index contributed by atoms with van der Waals surface area (Å²) in [5, 5.41) is 0. The first-order chi connectivity index (χ1) is 15.2. The van der Waals surface area contributed by atoms with Crippen molar-refractivity contribution in [1.29, 1.82) is 0 Å². The Hall–Kier alpha value is -1.83. The van der Waals surface area contributed by atoms with Crippen LogP contribution in [0.2, 0.25) is 0 Å². The summed E-state index contributed by atoms with van der Waals surface area (Å²) in [7, 11) is 1.65. The van der Waals surface area contributed by atoms with Gasteiger partial charge in [0.15, 0.2) is 0 Å². The van der Waals surface area contributed by atoms with E-state index in [1.165, 1.54) is 76.2 Å². The lowest BCUT2D eigenvalue weighted by atomic mass is 9.63. The first-order valence-corrected chi connectivity index (χ1v) is 12.6. The fourth-order valence-corrected chi connectivity index (χ4v) is 6.20. The summed E-state index contributed by atoms with van der Waals surface area (Å²) in [6.07, 6.45) is 15.1. The van der Waals surface area contributed by atoms with Crippen molar-refractivity contribution in [1.82, 2.24) is 0 Å². The van der Waals surface area contributed by atoms with Crippen LogP contribution < -0.4 is 4.74 Å². The Kier molecular flexibility index (Phi) is 7.69. The molecular weight excluding hydrogens is 383 g/mol. The van der Waals surface area contributed by atoms with Crippen LogP contribution >= 0.6 is 0 Å². The number of halogens is 1. The predicted molar refractivity (Wildman–Crippen MR) is 128 cm³/mol. The lowest BCUT2D eigenvalue weighted by molar-refractivity contribution is 0.113. The fourth-order valence-electron chi connectivity index (χ4n) is 6.20. The number of hydrogen-bond donors (Lipinski definition) is 0. The second-order valence-electron chi connectivity index (χ2n) is 10.0. The van der Waals surface area contributed by atoms with Crippen molar-refractivity contribution in [2.45, 2.75) is 83.5 Å². The van der Waals surface area contributed by atoms with Crippen molar-refractivity contribution in [2.24, 2.45) is 17.8 Å². The molecule has 2 aromatic rings. The first-order valence-electron chi connectivity index (χ1n) is 12.6. The molecule has 1 unspecified atom stereocenters. The van der Waals surface area contributed by atoms with Crippen molar-refractivity contribution in [3.63, 3.8) is 0 Å². The van der Waals surface area contributed by atoms with Crippen LogP contribution in [0.3, 0.4) is 0 Å². The van der Waals surface area contributed by atoms with Crippen LogP contribution in [0.1, 0.15) is 89.0 Å². The van der Waals surface area contributed by atoms with E-state index in [0.717, 1.165) is 29.1 Å². The van der Waals surface area contributed by atoms with E-state index in [2.05, 4.69) is 13.0 Å². The molecule has 0 aromatic heterocycles. The maximum absolute atomic E-state index is 15.0. The normalized spacial score (nSPS) is 25.8. The van der Waals surface area contributed by atoms with Crippen LogP contribution in [0.5, 0.6) is 5.75 Å². The number of fused-ring (bicyclic) bond motifs is 1. The highest BCUT2D eigenvalue weighted by atomic mass is 19.1. The third-order valence-corrected chi connectivity index (χ3v) is 8.05. The minimum absolute atomic E-state index is 0.0967. The summed E-state index contributed by atoms with van der Waals surface area (Å²) < 4.78 is 20.2. The van der Waals surface area contributed by atoms with Gasteiger partial charge in [-0.25, -0.2) is 4.39 Å². The molecule has 2 aliphatic rings. The Balaban J connectivity index is 1.35. The van der Waals surface area contributed by atoms with Gasteiger partial charge in [0.1, 0.15) is 11.6 Å². The van der Waals surface area contributed by atoms with Crippen LogP contribution in [-0.2, 0) is 0 Å². The smallest absolute Gasteiger partial charge is 0.131 e. The maximum atomic E-state index is 15.0. The molecule has 0 spiro atoms. The van der Waals surface area contributed by atoms with Crippen molar-refractivity contribution in [3.05, 3.63) is 53.8 Å². The first kappa shape index (κ1) is 22.4. The summed E-state index contributed by atoms with van der Waals surface area (Å²) >= 11 is 0. The number of benzene rings is 2. The molecule has 2 fully saturated rings. The Morgan fingerprint density at radius 3 is 2.39 bits per heavy atom. The highest BCUT2D eigenvalue weighted by molar-refractivity contribution is 5.65. The molecule has 0 amide bonds. The third-order valence-electron chi connectivity index (χ3n) is 8.05. The van der Waals surface area contributed by atoms with Gasteiger partial charge in [-0.15, -0.1) is 0 Å². The molecule has 0 radical (unpaired) electrons. The SMILES string of the molecule is CCCCCCC1CC[C@@H]2C[C@H](c3ccc(-c4ccc(OC)cc4)c(F)c3)CC[C@@H]2C1. The summed E-state index contributed by atoms with van der Waals surface area (Å²) in [6, 6.07) is 13.6. The minimum Gasteiger partial charge on any atom is -0.497 e. The molecule has 0 heterocycles. The van der Waals surface area contributed by atoms with Gasteiger partial charge >= 0.3 is 0 Å². The topological polar surface area (TPSA) is 9.23 Å². The third kappa shape index (κ3) is 5.51. The molecule has 31 heavy (non-hydrogen) atoms. The van der Waals surface area contributed by atoms with Crippen LogP contribution in [0.15, 0.2) is 42.5 Å². The standard InChI is InChI=1S/C29H39FO/c1-3-4-5-6-7-21-8-9-24-19-25(11-10-23(24)18-21)26-14-17-28(29(30)20-26)22-12-15-27(31-2)16-13-22/h12-17,20-21,23-25H,3-11,18-19H2,1-2H3/t21?,23-,24-,25-/m1/s1. The van der Waals surface area contributed by atoms with Gasteiger partial charge in [-0.2, -0.15) is 0 Å². The van der Waals surface area contributed by atoms with Gasteiger partial charge in [-0.3, -0.25) is 0 Å². The number of unbranched alkanes of at least 4 members (excludes halogenated alkanes) is 3. The Morgan fingerprint density at radius 1 is 0.871 bits per heavy atom. The van der Waals surface area contributed by atoms with Crippen LogP contribution in [-0.4, -0.2) is 7.11 Å². The van der Waals surface area contributed by atoms with Gasteiger partial charge < -0.3 is 4.74 Å². The number of methoxy groups -OCH3 is 1. The van der Waals surface area contributed by atoms with E-state index in [4.69, 9.17) is 4.74 Å². The minimum atomic E-state index is -0.0967. The van der Waals surface area contributed by atoms with Gasteiger partial charge in [-0.1, -0.05) is 69.7 Å². The average molecular weight is 423 g/mol. The summed E-state index contributed by atoms with van der Waals surface area (Å²) in [4.78, 5) is 0. The molecule has 1 nitrogen and oxygen atoms in total. The van der Waals surface area contributed by atoms with Crippen molar-refractivity contribution < 1.29 is 9.13 Å². The number of ether oxygens (including phenoxy) is 1. The van der Waals surface area contributed by atoms with E-state index in [9.17, 15) is 4.39 Å². The zero-order valence-corrected chi connectivity index (χ0v) is 19.4. The van der Waals surface area contributed by atoms with Crippen molar-refractivity contribution in [2.75, 3.05) is 7.11 Å². The fraction of sp³-hybridized carbons (Fsp3) is 0.586. The van der Waals surface area contributed by atoms with Gasteiger partial charge in [0, 0.05) is 5.56 Å². The Bertz CT molecular complexity index is 827. The highest BCUT2D eigenvalue weighted by Gasteiger charge is 2.35. The van der Waals surface area contributed by atoms with Gasteiger partial charge in [-0.05, 0) is 85.1 Å². The van der Waals surface area contributed by atoms with E-state index < -0.39 is 0 Å². The number of rotatable bonds is 8. The highest BCUT2D eigenvalue weighted by Crippen LogP contribution is 2.48. The molecule has 4 rings (SSSR count). The molecule has 4 atom stereocenters. The van der Waals surface area contributed by atoms with Crippen LogP contribution in [0.25, 0.3) is 11.1 Å². The molecule has 0 aliphatic heterocycles. The van der Waals surface area contributed by atoms with Crippen molar-refractivity contribution in [3.8, 4) is 16.9 Å². The van der Waals surface area contributed by atoms with Crippen molar-refractivity contribution >= 4 is 0 Å². The Morgan fingerprint density at radius 2 is 1.65 bits per heavy atom. The molecule has 0 N–H and O–H groups in total. The van der Waals surface area contributed by atoms with Crippen LogP contribution in [0.4, 0.5) is 4.39 Å². The summed E-state index contributed by atoms with van der Waals surface area (Å²) in [5.74, 6) is 3.98. The molecule has 0 saturated heterocycles. The molecule has 2 saturated carbocycles.